The fourth-order valence-electron chi connectivity index (χ4n) is 3.48. The molecule has 5 heteroatoms. The Labute approximate surface area is 131 Å². The number of fused-ring (bicyclic) bond motifs is 2. The van der Waals surface area contributed by atoms with Crippen molar-refractivity contribution < 1.29 is 23.5 Å². The zero-order chi connectivity index (χ0) is 15.9. The maximum Gasteiger partial charge on any atom is 0.231 e. The number of benzene rings is 1. The lowest BCUT2D eigenvalue weighted by Gasteiger charge is -2.43. The van der Waals surface area contributed by atoms with Crippen LogP contribution in [0.4, 0.5) is 0 Å². The maximum absolute atomic E-state index is 12.1. The standard InChI is InChI=1S/C17H24NO4/c1-5-12(19)9-13-15-11(6-7-18(13,2)3)8-14-16(17(15)20-4)22-10-21-14/h8,13H,5-7,9-10H2,1-4H3/q+1/t13-/m1/s1. The van der Waals surface area contributed by atoms with Crippen LogP contribution in [-0.2, 0) is 11.2 Å². The zero-order valence-corrected chi connectivity index (χ0v) is 13.8. The van der Waals surface area contributed by atoms with Gasteiger partial charge in [-0.25, -0.2) is 0 Å². The Bertz CT molecular complexity index is 609. The molecule has 0 saturated heterocycles. The summed E-state index contributed by atoms with van der Waals surface area (Å²) in [7, 11) is 6.02. The Balaban J connectivity index is 2.14. The number of carbonyl (C=O) groups is 1. The van der Waals surface area contributed by atoms with Crippen LogP contribution in [0.1, 0.15) is 36.9 Å². The van der Waals surface area contributed by atoms with Gasteiger partial charge in [0.1, 0.15) is 11.8 Å². The van der Waals surface area contributed by atoms with E-state index in [1.54, 1.807) is 7.11 Å². The van der Waals surface area contributed by atoms with Gasteiger partial charge in [-0.05, 0) is 11.6 Å². The van der Waals surface area contributed by atoms with Crippen molar-refractivity contribution in [3.05, 3.63) is 17.2 Å². The molecule has 0 radical (unpaired) electrons. The first-order chi connectivity index (χ1) is 10.5. The van der Waals surface area contributed by atoms with Gasteiger partial charge in [0.25, 0.3) is 0 Å². The van der Waals surface area contributed by atoms with E-state index >= 15 is 0 Å². The summed E-state index contributed by atoms with van der Waals surface area (Å²) in [6.07, 6.45) is 2.05. The van der Waals surface area contributed by atoms with Crippen molar-refractivity contribution in [2.24, 2.45) is 0 Å². The Morgan fingerprint density at radius 3 is 2.86 bits per heavy atom. The first-order valence-electron chi connectivity index (χ1n) is 7.81. The summed E-state index contributed by atoms with van der Waals surface area (Å²) >= 11 is 0. The monoisotopic (exact) mass is 306 g/mol. The minimum Gasteiger partial charge on any atom is -0.492 e. The van der Waals surface area contributed by atoms with E-state index in [-0.39, 0.29) is 18.6 Å². The topological polar surface area (TPSA) is 44.8 Å². The SMILES string of the molecule is CCC(=O)C[C@@H]1c2c(cc3c(c2OC)OCO3)CC[N+]1(C)C. The predicted octanol–water partition coefficient (Wildman–Crippen LogP) is 2.47. The van der Waals surface area contributed by atoms with Crippen LogP contribution >= 0.6 is 0 Å². The molecule has 1 aromatic rings. The summed E-state index contributed by atoms with van der Waals surface area (Å²) in [5, 5.41) is 0. The first-order valence-corrected chi connectivity index (χ1v) is 7.81. The van der Waals surface area contributed by atoms with Gasteiger partial charge >= 0.3 is 0 Å². The van der Waals surface area contributed by atoms with E-state index in [9.17, 15) is 4.79 Å². The molecule has 1 atom stereocenters. The van der Waals surface area contributed by atoms with Gasteiger partial charge in [-0.15, -0.1) is 0 Å². The molecule has 0 aliphatic carbocycles. The molecule has 0 unspecified atom stereocenters. The first kappa shape index (κ1) is 15.2. The fourth-order valence-corrected chi connectivity index (χ4v) is 3.48. The number of hydrogen-bond donors (Lipinski definition) is 0. The molecule has 0 fully saturated rings. The lowest BCUT2D eigenvalue weighted by Crippen LogP contribution is -2.48. The lowest BCUT2D eigenvalue weighted by molar-refractivity contribution is -0.922. The van der Waals surface area contributed by atoms with E-state index in [2.05, 4.69) is 20.2 Å². The highest BCUT2D eigenvalue weighted by molar-refractivity contribution is 5.79. The molecular weight excluding hydrogens is 282 g/mol. The van der Waals surface area contributed by atoms with Gasteiger partial charge in [0, 0.05) is 12.8 Å². The van der Waals surface area contributed by atoms with E-state index in [1.807, 2.05) is 6.92 Å². The van der Waals surface area contributed by atoms with Crippen LogP contribution in [0.5, 0.6) is 17.2 Å². The number of Topliss-reactive ketones (excluding diaryl/α,β-unsaturated/α-hetero) is 1. The van der Waals surface area contributed by atoms with Gasteiger partial charge in [-0.3, -0.25) is 4.79 Å². The number of ether oxygens (including phenoxy) is 3. The van der Waals surface area contributed by atoms with Crippen LogP contribution < -0.4 is 14.2 Å². The highest BCUT2D eigenvalue weighted by Gasteiger charge is 2.41. The van der Waals surface area contributed by atoms with E-state index in [0.29, 0.717) is 18.6 Å². The van der Waals surface area contributed by atoms with Crippen molar-refractivity contribution in [2.75, 3.05) is 34.5 Å². The highest BCUT2D eigenvalue weighted by Crippen LogP contribution is 2.51. The second-order valence-corrected chi connectivity index (χ2v) is 6.58. The van der Waals surface area contributed by atoms with Crippen LogP contribution in [0.2, 0.25) is 0 Å². The Morgan fingerprint density at radius 1 is 1.41 bits per heavy atom. The minimum atomic E-state index is 0.0978. The quantitative estimate of drug-likeness (QED) is 0.802. The molecule has 0 amide bonds. The van der Waals surface area contributed by atoms with E-state index in [4.69, 9.17) is 14.2 Å². The van der Waals surface area contributed by atoms with Crippen molar-refractivity contribution in [1.29, 1.82) is 0 Å². The third-order valence-corrected chi connectivity index (χ3v) is 4.90. The summed E-state index contributed by atoms with van der Waals surface area (Å²) in [5.74, 6) is 2.45. The van der Waals surface area contributed by atoms with Crippen molar-refractivity contribution in [3.8, 4) is 17.2 Å². The molecular formula is C17H24NO4+. The normalized spacial score (nSPS) is 21.4. The lowest BCUT2D eigenvalue weighted by atomic mass is 9.86. The molecule has 22 heavy (non-hydrogen) atoms. The van der Waals surface area contributed by atoms with E-state index in [1.165, 1.54) is 5.56 Å². The molecule has 0 bridgehead atoms. The summed E-state index contributed by atoms with van der Waals surface area (Å²) in [6.45, 7) is 3.14. The summed E-state index contributed by atoms with van der Waals surface area (Å²) in [4.78, 5) is 12.1. The summed E-state index contributed by atoms with van der Waals surface area (Å²) in [5.41, 5.74) is 2.33. The van der Waals surface area contributed by atoms with Crippen molar-refractivity contribution in [2.45, 2.75) is 32.2 Å². The van der Waals surface area contributed by atoms with E-state index < -0.39 is 0 Å². The number of quaternary nitrogens is 1. The molecule has 0 N–H and O–H groups in total. The number of carbonyl (C=O) groups excluding carboxylic acids is 1. The number of methoxy groups -OCH3 is 1. The number of ketones is 1. The second-order valence-electron chi connectivity index (χ2n) is 6.58. The van der Waals surface area contributed by atoms with Gasteiger partial charge in [-0.1, -0.05) is 6.92 Å². The Hall–Kier alpha value is -1.75. The van der Waals surface area contributed by atoms with Gasteiger partial charge in [0.15, 0.2) is 11.5 Å². The molecule has 1 aromatic carbocycles. The van der Waals surface area contributed by atoms with Crippen molar-refractivity contribution >= 4 is 5.78 Å². The van der Waals surface area contributed by atoms with Crippen LogP contribution in [-0.4, -0.2) is 44.8 Å². The molecule has 5 nitrogen and oxygen atoms in total. The number of likely N-dealkylation sites (N-methyl/N-ethyl adjacent to an activating group) is 1. The number of nitrogens with zero attached hydrogens (tertiary/aromatic N) is 1. The largest absolute Gasteiger partial charge is 0.492 e. The highest BCUT2D eigenvalue weighted by atomic mass is 16.7. The van der Waals surface area contributed by atoms with Crippen molar-refractivity contribution in [1.82, 2.24) is 0 Å². The minimum absolute atomic E-state index is 0.0978. The zero-order valence-electron chi connectivity index (χ0n) is 13.8. The van der Waals surface area contributed by atoms with Crippen LogP contribution in [0, 0.1) is 0 Å². The Morgan fingerprint density at radius 2 is 2.18 bits per heavy atom. The van der Waals surface area contributed by atoms with Crippen molar-refractivity contribution in [3.63, 3.8) is 0 Å². The molecule has 2 heterocycles. The van der Waals surface area contributed by atoms with Gasteiger partial charge < -0.3 is 18.7 Å². The number of rotatable bonds is 4. The number of hydrogen-bond acceptors (Lipinski definition) is 4. The van der Waals surface area contributed by atoms with Crippen LogP contribution in [0.25, 0.3) is 0 Å². The summed E-state index contributed by atoms with van der Waals surface area (Å²) in [6, 6.07) is 2.16. The average molecular weight is 306 g/mol. The van der Waals surface area contributed by atoms with E-state index in [0.717, 1.165) is 34.5 Å². The second kappa shape index (κ2) is 5.47. The fraction of sp³-hybridized carbons (Fsp3) is 0.588. The molecule has 0 spiro atoms. The van der Waals surface area contributed by atoms with Crippen LogP contribution in [0.3, 0.4) is 0 Å². The maximum atomic E-state index is 12.1. The molecule has 2 aliphatic rings. The van der Waals surface area contributed by atoms with Gasteiger partial charge in [0.05, 0.1) is 39.7 Å². The molecule has 0 aromatic heterocycles. The van der Waals surface area contributed by atoms with Gasteiger partial charge in [-0.2, -0.15) is 0 Å². The average Bonchev–Trinajstić information content (AvgIpc) is 2.95. The summed E-state index contributed by atoms with van der Waals surface area (Å²) < 4.78 is 17.6. The third kappa shape index (κ3) is 2.33. The third-order valence-electron chi connectivity index (χ3n) is 4.90. The van der Waals surface area contributed by atoms with Gasteiger partial charge in [0.2, 0.25) is 12.5 Å². The molecule has 3 rings (SSSR count). The van der Waals surface area contributed by atoms with Crippen LogP contribution in [0.15, 0.2) is 6.07 Å². The molecule has 120 valence electrons. The Kier molecular flexibility index (Phi) is 3.77. The molecule has 0 saturated carbocycles. The smallest absolute Gasteiger partial charge is 0.231 e. The molecule has 2 aliphatic heterocycles. The predicted molar refractivity (Wildman–Crippen MR) is 82.5 cm³/mol.